The van der Waals surface area contributed by atoms with Gasteiger partial charge in [-0.3, -0.25) is 0 Å². The number of rotatable bonds is 7. The zero-order valence-corrected chi connectivity index (χ0v) is 16.0. The SMILES string of the molecule is CC(C)C(OC(=O)c1ccccc1C(=O)OC1(C)CCCC1)C(F)(F)C(=O)O. The summed E-state index contributed by atoms with van der Waals surface area (Å²) in [6.07, 6.45) is 1.06. The van der Waals surface area contributed by atoms with Crippen LogP contribution in [0.1, 0.15) is 67.2 Å². The van der Waals surface area contributed by atoms with Gasteiger partial charge in [-0.2, -0.15) is 8.78 Å². The number of aliphatic carboxylic acids is 1. The molecule has 1 aliphatic rings. The Labute approximate surface area is 161 Å². The minimum Gasteiger partial charge on any atom is -0.477 e. The van der Waals surface area contributed by atoms with E-state index in [0.717, 1.165) is 12.8 Å². The molecule has 0 saturated heterocycles. The van der Waals surface area contributed by atoms with Crippen molar-refractivity contribution < 1.29 is 37.7 Å². The summed E-state index contributed by atoms with van der Waals surface area (Å²) < 4.78 is 38.3. The van der Waals surface area contributed by atoms with Crippen LogP contribution in [0.2, 0.25) is 0 Å². The molecule has 0 radical (unpaired) electrons. The van der Waals surface area contributed by atoms with Gasteiger partial charge in [-0.25, -0.2) is 14.4 Å². The van der Waals surface area contributed by atoms with Crippen molar-refractivity contribution in [2.45, 2.75) is 64.1 Å². The summed E-state index contributed by atoms with van der Waals surface area (Å²) in [7, 11) is 0. The van der Waals surface area contributed by atoms with E-state index < -0.39 is 41.5 Å². The minimum absolute atomic E-state index is 0.109. The third-order valence-corrected chi connectivity index (χ3v) is 4.85. The van der Waals surface area contributed by atoms with E-state index in [1.54, 1.807) is 6.92 Å². The molecule has 1 N–H and O–H groups in total. The van der Waals surface area contributed by atoms with Gasteiger partial charge < -0.3 is 14.6 Å². The molecule has 0 aliphatic heterocycles. The van der Waals surface area contributed by atoms with Crippen molar-refractivity contribution in [2.24, 2.45) is 5.92 Å². The number of hydrogen-bond donors (Lipinski definition) is 1. The van der Waals surface area contributed by atoms with Crippen molar-refractivity contribution in [1.82, 2.24) is 0 Å². The molecular weight excluding hydrogens is 374 g/mol. The molecule has 0 heterocycles. The third kappa shape index (κ3) is 4.66. The fourth-order valence-electron chi connectivity index (χ4n) is 3.27. The molecule has 1 aromatic carbocycles. The van der Waals surface area contributed by atoms with Gasteiger partial charge in [-0.05, 0) is 50.7 Å². The van der Waals surface area contributed by atoms with Crippen LogP contribution >= 0.6 is 0 Å². The summed E-state index contributed by atoms with van der Waals surface area (Å²) >= 11 is 0. The highest BCUT2D eigenvalue weighted by Crippen LogP contribution is 2.34. The first-order valence-corrected chi connectivity index (χ1v) is 9.12. The normalized spacial score (nSPS) is 17.2. The number of benzene rings is 1. The Morgan fingerprint density at radius 3 is 2.04 bits per heavy atom. The van der Waals surface area contributed by atoms with Gasteiger partial charge >= 0.3 is 23.8 Å². The molecule has 1 aliphatic carbocycles. The Morgan fingerprint density at radius 1 is 1.07 bits per heavy atom. The first-order valence-electron chi connectivity index (χ1n) is 9.12. The van der Waals surface area contributed by atoms with Crippen molar-refractivity contribution >= 4 is 17.9 Å². The lowest BCUT2D eigenvalue weighted by molar-refractivity contribution is -0.187. The average Bonchev–Trinajstić information content (AvgIpc) is 3.04. The molecule has 1 fully saturated rings. The number of carboxylic acids is 1. The van der Waals surface area contributed by atoms with Crippen LogP contribution in [0.25, 0.3) is 0 Å². The van der Waals surface area contributed by atoms with E-state index in [2.05, 4.69) is 0 Å². The number of esters is 2. The van der Waals surface area contributed by atoms with Crippen molar-refractivity contribution in [3.05, 3.63) is 35.4 Å². The molecule has 6 nitrogen and oxygen atoms in total. The first kappa shape index (κ1) is 21.8. The molecule has 0 bridgehead atoms. The monoisotopic (exact) mass is 398 g/mol. The van der Waals surface area contributed by atoms with Crippen molar-refractivity contribution in [2.75, 3.05) is 0 Å². The van der Waals surface area contributed by atoms with E-state index in [1.807, 2.05) is 0 Å². The quantitative estimate of drug-likeness (QED) is 0.696. The van der Waals surface area contributed by atoms with Gasteiger partial charge in [-0.15, -0.1) is 0 Å². The van der Waals surface area contributed by atoms with Gasteiger partial charge in [-0.1, -0.05) is 26.0 Å². The number of hydrogen-bond acceptors (Lipinski definition) is 5. The van der Waals surface area contributed by atoms with E-state index >= 15 is 0 Å². The molecular formula is C20H24F2O6. The maximum Gasteiger partial charge on any atom is 0.378 e. The number of halogens is 2. The number of carboxylic acid groups (broad SMARTS) is 1. The van der Waals surface area contributed by atoms with Gasteiger partial charge in [0, 0.05) is 0 Å². The third-order valence-electron chi connectivity index (χ3n) is 4.85. The Morgan fingerprint density at radius 2 is 1.57 bits per heavy atom. The van der Waals surface area contributed by atoms with Crippen LogP contribution in [-0.2, 0) is 14.3 Å². The maximum absolute atomic E-state index is 13.9. The highest BCUT2D eigenvalue weighted by Gasteiger charge is 2.52. The smallest absolute Gasteiger partial charge is 0.378 e. The molecule has 0 aromatic heterocycles. The molecule has 28 heavy (non-hydrogen) atoms. The van der Waals surface area contributed by atoms with Gasteiger partial charge in [0.25, 0.3) is 0 Å². The second kappa shape index (κ2) is 8.24. The summed E-state index contributed by atoms with van der Waals surface area (Å²) in [4.78, 5) is 36.0. The molecule has 1 unspecified atom stereocenters. The van der Waals surface area contributed by atoms with E-state index in [-0.39, 0.29) is 11.1 Å². The highest BCUT2D eigenvalue weighted by atomic mass is 19.3. The Hall–Kier alpha value is -2.51. The summed E-state index contributed by atoms with van der Waals surface area (Å²) in [5, 5.41) is 8.76. The fourth-order valence-corrected chi connectivity index (χ4v) is 3.27. The number of ether oxygens (including phenoxy) is 2. The topological polar surface area (TPSA) is 89.9 Å². The lowest BCUT2D eigenvalue weighted by atomic mass is 10.00. The van der Waals surface area contributed by atoms with Crippen LogP contribution < -0.4 is 0 Å². The molecule has 1 aromatic rings. The van der Waals surface area contributed by atoms with E-state index in [4.69, 9.17) is 14.6 Å². The molecule has 0 amide bonds. The highest BCUT2D eigenvalue weighted by molar-refractivity contribution is 6.03. The zero-order valence-electron chi connectivity index (χ0n) is 16.0. The predicted octanol–water partition coefficient (Wildman–Crippen LogP) is 4.08. The Kier molecular flexibility index (Phi) is 6.41. The second-order valence-electron chi connectivity index (χ2n) is 7.59. The van der Waals surface area contributed by atoms with Crippen molar-refractivity contribution in [1.29, 1.82) is 0 Å². The predicted molar refractivity (Wildman–Crippen MR) is 95.4 cm³/mol. The second-order valence-corrected chi connectivity index (χ2v) is 7.59. The molecule has 0 spiro atoms. The molecule has 1 atom stereocenters. The molecule has 8 heteroatoms. The standard InChI is InChI=1S/C20H24F2O6/c1-12(2)15(20(21,22)18(25)26)27-16(23)13-8-4-5-9-14(13)17(24)28-19(3)10-6-7-11-19/h4-5,8-9,12,15H,6-7,10-11H2,1-3H3,(H,25,26). The fraction of sp³-hybridized carbons (Fsp3) is 0.550. The molecule has 154 valence electrons. The Bertz CT molecular complexity index is 753. The largest absolute Gasteiger partial charge is 0.477 e. The van der Waals surface area contributed by atoms with E-state index in [1.165, 1.54) is 38.1 Å². The van der Waals surface area contributed by atoms with Crippen LogP contribution in [-0.4, -0.2) is 40.6 Å². The summed E-state index contributed by atoms with van der Waals surface area (Å²) in [6.45, 7) is 4.44. The van der Waals surface area contributed by atoms with Gasteiger partial charge in [0.2, 0.25) is 0 Å². The van der Waals surface area contributed by atoms with E-state index in [9.17, 15) is 23.2 Å². The van der Waals surface area contributed by atoms with Crippen LogP contribution in [0, 0.1) is 5.92 Å². The van der Waals surface area contributed by atoms with Crippen molar-refractivity contribution in [3.8, 4) is 0 Å². The van der Waals surface area contributed by atoms with Crippen LogP contribution in [0.4, 0.5) is 8.78 Å². The average molecular weight is 398 g/mol. The van der Waals surface area contributed by atoms with Crippen LogP contribution in [0.3, 0.4) is 0 Å². The number of carbonyl (C=O) groups excluding carboxylic acids is 2. The minimum atomic E-state index is -4.27. The van der Waals surface area contributed by atoms with Crippen LogP contribution in [0.5, 0.6) is 0 Å². The van der Waals surface area contributed by atoms with Crippen molar-refractivity contribution in [3.63, 3.8) is 0 Å². The summed E-state index contributed by atoms with van der Waals surface area (Å²) in [5.41, 5.74) is -0.993. The van der Waals surface area contributed by atoms with Gasteiger partial charge in [0.15, 0.2) is 6.10 Å². The van der Waals surface area contributed by atoms with E-state index in [0.29, 0.717) is 12.8 Å². The van der Waals surface area contributed by atoms with Gasteiger partial charge in [0.05, 0.1) is 11.1 Å². The molecule has 2 rings (SSSR count). The molecule has 1 saturated carbocycles. The lowest BCUT2D eigenvalue weighted by Gasteiger charge is -2.27. The van der Waals surface area contributed by atoms with Gasteiger partial charge in [0.1, 0.15) is 5.60 Å². The first-order chi connectivity index (χ1) is 13.0. The number of alkyl halides is 2. The summed E-state index contributed by atoms with van der Waals surface area (Å²) in [5.74, 6) is -9.57. The van der Waals surface area contributed by atoms with Crippen LogP contribution in [0.15, 0.2) is 24.3 Å². The summed E-state index contributed by atoms with van der Waals surface area (Å²) in [6, 6.07) is 5.56. The zero-order chi connectivity index (χ0) is 21.1. The Balaban J connectivity index is 2.26. The number of carbonyl (C=O) groups is 3. The maximum atomic E-state index is 13.9. The lowest BCUT2D eigenvalue weighted by Crippen LogP contribution is -2.47.